The van der Waals surface area contributed by atoms with Gasteiger partial charge in [0.05, 0.1) is 43.1 Å². The molecule has 1 aromatic heterocycles. The number of furan rings is 1. The lowest BCUT2D eigenvalue weighted by Crippen LogP contribution is -2.38. The summed E-state index contributed by atoms with van der Waals surface area (Å²) < 4.78 is 22.1. The van der Waals surface area contributed by atoms with Crippen molar-refractivity contribution in [1.82, 2.24) is 10.2 Å². The minimum Gasteiger partial charge on any atom is -0.489 e. The normalized spacial score (nSPS) is 16.1. The third-order valence-electron chi connectivity index (χ3n) is 6.54. The van der Waals surface area contributed by atoms with Gasteiger partial charge in [-0.05, 0) is 47.7 Å². The highest BCUT2D eigenvalue weighted by Crippen LogP contribution is 2.45. The van der Waals surface area contributed by atoms with Gasteiger partial charge in [-0.2, -0.15) is 0 Å². The molecule has 2 aromatic carbocycles. The first-order valence-electron chi connectivity index (χ1n) is 13.2. The molecule has 1 atom stereocenters. The molecule has 41 heavy (non-hydrogen) atoms. The molecule has 212 valence electrons. The number of carbonyl (C=O) groups is 2. The van der Waals surface area contributed by atoms with Gasteiger partial charge in [0.25, 0.3) is 0 Å². The maximum atomic E-state index is 13.4. The monoisotopic (exact) mass is 573 g/mol. The van der Waals surface area contributed by atoms with Crippen molar-refractivity contribution in [3.8, 4) is 5.75 Å². The van der Waals surface area contributed by atoms with Crippen molar-refractivity contribution >= 4 is 28.8 Å². The number of nitrogens with zero attached hydrogens (tertiary/aromatic N) is 2. The molecule has 0 bridgehead atoms. The van der Waals surface area contributed by atoms with E-state index in [4.69, 9.17) is 23.6 Å². The van der Waals surface area contributed by atoms with Crippen molar-refractivity contribution in [2.75, 3.05) is 20.3 Å². The summed E-state index contributed by atoms with van der Waals surface area (Å²) in [4.78, 5) is 33.0. The van der Waals surface area contributed by atoms with Gasteiger partial charge in [0.1, 0.15) is 24.7 Å². The van der Waals surface area contributed by atoms with E-state index < -0.39 is 12.0 Å². The lowest BCUT2D eigenvalue weighted by molar-refractivity contribution is -0.141. The Balaban J connectivity index is 1.42. The number of amides is 1. The Morgan fingerprint density at radius 2 is 1.93 bits per heavy atom. The van der Waals surface area contributed by atoms with Crippen LogP contribution in [0.25, 0.3) is 0 Å². The van der Waals surface area contributed by atoms with Crippen LogP contribution in [0.15, 0.2) is 105 Å². The van der Waals surface area contributed by atoms with Crippen molar-refractivity contribution in [2.45, 2.75) is 32.5 Å². The Bertz CT molecular complexity index is 1470. The SMILES string of the molecule is COCCOC(=O)C1=C(C)N=C2SC=C(CC(=O)NCc3ccco3)N2C1c1cccc(OCc2ccccc2)c1. The van der Waals surface area contributed by atoms with Crippen LogP contribution in [0, 0.1) is 0 Å². The first kappa shape index (κ1) is 28.3. The summed E-state index contributed by atoms with van der Waals surface area (Å²) in [7, 11) is 1.55. The maximum absolute atomic E-state index is 13.4. The third-order valence-corrected chi connectivity index (χ3v) is 7.43. The molecule has 9 nitrogen and oxygen atoms in total. The van der Waals surface area contributed by atoms with E-state index in [1.807, 2.05) is 64.9 Å². The van der Waals surface area contributed by atoms with Crippen molar-refractivity contribution in [1.29, 1.82) is 0 Å². The Labute approximate surface area is 242 Å². The maximum Gasteiger partial charge on any atom is 0.338 e. The largest absolute Gasteiger partial charge is 0.489 e. The second-order valence-corrected chi connectivity index (χ2v) is 10.2. The molecular formula is C31H31N3O6S. The van der Waals surface area contributed by atoms with E-state index in [1.54, 1.807) is 32.4 Å². The van der Waals surface area contributed by atoms with Gasteiger partial charge in [0.15, 0.2) is 5.17 Å². The molecule has 2 aliphatic heterocycles. The fourth-order valence-corrected chi connectivity index (χ4v) is 5.55. The highest BCUT2D eigenvalue weighted by molar-refractivity contribution is 8.16. The number of rotatable bonds is 12. The first-order chi connectivity index (χ1) is 20.0. The molecule has 0 saturated heterocycles. The number of benzene rings is 2. The number of aliphatic imine (C=N–C) groups is 1. The molecule has 0 saturated carbocycles. The van der Waals surface area contributed by atoms with E-state index >= 15 is 0 Å². The van der Waals surface area contributed by atoms with E-state index in [9.17, 15) is 9.59 Å². The molecule has 2 aliphatic rings. The summed E-state index contributed by atoms with van der Waals surface area (Å²) in [5.74, 6) is 0.664. The average Bonchev–Trinajstić information content (AvgIpc) is 3.65. The van der Waals surface area contributed by atoms with Crippen molar-refractivity contribution in [3.05, 3.63) is 112 Å². The number of thioether (sulfide) groups is 1. The molecule has 1 amide bonds. The summed E-state index contributed by atoms with van der Waals surface area (Å²) in [6, 6.07) is 20.6. The summed E-state index contributed by atoms with van der Waals surface area (Å²) in [6.07, 6.45) is 1.66. The van der Waals surface area contributed by atoms with Crippen molar-refractivity contribution < 1.29 is 28.2 Å². The smallest absolute Gasteiger partial charge is 0.338 e. The highest BCUT2D eigenvalue weighted by atomic mass is 32.2. The lowest BCUT2D eigenvalue weighted by Gasteiger charge is -2.36. The number of nitrogens with one attached hydrogen (secondary N) is 1. The van der Waals surface area contributed by atoms with Crippen molar-refractivity contribution in [3.63, 3.8) is 0 Å². The zero-order valence-corrected chi connectivity index (χ0v) is 23.7. The minimum absolute atomic E-state index is 0.0957. The first-order valence-corrected chi connectivity index (χ1v) is 14.1. The molecule has 0 radical (unpaired) electrons. The van der Waals surface area contributed by atoms with Crippen LogP contribution in [0.2, 0.25) is 0 Å². The second kappa shape index (κ2) is 13.4. The molecule has 0 fully saturated rings. The van der Waals surface area contributed by atoms with E-state index in [0.717, 1.165) is 16.8 Å². The van der Waals surface area contributed by atoms with E-state index in [-0.39, 0.29) is 32.1 Å². The second-order valence-electron chi connectivity index (χ2n) is 9.40. The Morgan fingerprint density at radius 1 is 1.07 bits per heavy atom. The molecule has 1 N–H and O–H groups in total. The molecule has 10 heteroatoms. The number of hydrogen-bond donors (Lipinski definition) is 1. The number of esters is 1. The summed E-state index contributed by atoms with van der Waals surface area (Å²) in [5.41, 5.74) is 3.54. The van der Waals surface area contributed by atoms with Gasteiger partial charge >= 0.3 is 5.97 Å². The van der Waals surface area contributed by atoms with E-state index in [0.29, 0.717) is 34.6 Å². The van der Waals surface area contributed by atoms with Crippen molar-refractivity contribution in [2.24, 2.45) is 4.99 Å². The zero-order chi connectivity index (χ0) is 28.6. The number of amidine groups is 1. The van der Waals surface area contributed by atoms with Crippen LogP contribution in [-0.2, 0) is 32.2 Å². The summed E-state index contributed by atoms with van der Waals surface area (Å²) in [6.45, 7) is 2.88. The summed E-state index contributed by atoms with van der Waals surface area (Å²) >= 11 is 1.42. The fourth-order valence-electron chi connectivity index (χ4n) is 4.58. The molecule has 1 unspecified atom stereocenters. The van der Waals surface area contributed by atoms with E-state index in [2.05, 4.69) is 5.32 Å². The van der Waals surface area contributed by atoms with Gasteiger partial charge in [0.2, 0.25) is 5.91 Å². The van der Waals surface area contributed by atoms with Gasteiger partial charge in [-0.3, -0.25) is 4.79 Å². The van der Waals surface area contributed by atoms with Gasteiger partial charge in [-0.25, -0.2) is 9.79 Å². The van der Waals surface area contributed by atoms with Crippen LogP contribution in [-0.4, -0.2) is 42.3 Å². The minimum atomic E-state index is -0.572. The molecule has 0 aliphatic carbocycles. The molecule has 3 aromatic rings. The zero-order valence-electron chi connectivity index (χ0n) is 22.9. The molecule has 0 spiro atoms. The lowest BCUT2D eigenvalue weighted by atomic mass is 9.93. The van der Waals surface area contributed by atoms with Gasteiger partial charge in [-0.1, -0.05) is 54.2 Å². The Kier molecular flexibility index (Phi) is 9.22. The van der Waals surface area contributed by atoms with Gasteiger partial charge < -0.3 is 28.8 Å². The number of hydrogen-bond acceptors (Lipinski definition) is 9. The van der Waals surface area contributed by atoms with Crippen LogP contribution in [0.3, 0.4) is 0 Å². The number of allylic oxidation sites excluding steroid dienone is 1. The standard InChI is InChI=1S/C31H31N3O6S/c1-21-28(30(36)39-15-14-37-2)29(23-10-6-11-25(16-23)40-19-22-8-4-3-5-9-22)34-24(20-41-31(34)33-21)17-27(35)32-18-26-12-7-13-38-26/h3-13,16,20,29H,14-15,17-19H2,1-2H3,(H,32,35). The predicted octanol–water partition coefficient (Wildman–Crippen LogP) is 5.33. The van der Waals surface area contributed by atoms with Gasteiger partial charge in [-0.15, -0.1) is 0 Å². The highest BCUT2D eigenvalue weighted by Gasteiger charge is 2.41. The third kappa shape index (κ3) is 6.90. The number of ether oxygens (including phenoxy) is 3. The fraction of sp³-hybridized carbons (Fsp3) is 0.258. The molecular weight excluding hydrogens is 542 g/mol. The number of fused-ring (bicyclic) bond motifs is 1. The quantitative estimate of drug-likeness (QED) is 0.229. The van der Waals surface area contributed by atoms with Crippen LogP contribution in [0.1, 0.15) is 36.3 Å². The topological polar surface area (TPSA) is 103 Å². The summed E-state index contributed by atoms with van der Waals surface area (Å²) in [5, 5.41) is 5.48. The van der Waals surface area contributed by atoms with Crippen LogP contribution < -0.4 is 10.1 Å². The molecule has 3 heterocycles. The van der Waals surface area contributed by atoms with Crippen LogP contribution >= 0.6 is 11.8 Å². The predicted molar refractivity (Wildman–Crippen MR) is 156 cm³/mol. The molecule has 5 rings (SSSR count). The van der Waals surface area contributed by atoms with Gasteiger partial charge in [0, 0.05) is 12.8 Å². The van der Waals surface area contributed by atoms with Crippen LogP contribution in [0.5, 0.6) is 5.75 Å². The van der Waals surface area contributed by atoms with Crippen LogP contribution in [0.4, 0.5) is 0 Å². The number of carbonyl (C=O) groups excluding carboxylic acids is 2. The Hall–Kier alpha value is -4.28. The number of methoxy groups -OCH3 is 1. The Morgan fingerprint density at radius 3 is 2.71 bits per heavy atom. The average molecular weight is 574 g/mol. The van der Waals surface area contributed by atoms with E-state index in [1.165, 1.54) is 11.8 Å².